The molecular formula is C13H15N7O. The maximum atomic E-state index is 9.58. The molecule has 1 aliphatic rings. The number of aliphatic hydroxyl groups is 1. The minimum Gasteiger partial charge on any atom is -0.393 e. The molecule has 0 amide bonds. The number of aromatic nitrogens is 4. The Hall–Kier alpha value is -2.66. The fourth-order valence-electron chi connectivity index (χ4n) is 2.41. The predicted octanol–water partition coefficient (Wildman–Crippen LogP) is 0.0773. The minimum atomic E-state index is -0.284. The zero-order valence-electron chi connectivity index (χ0n) is 11.3. The summed E-state index contributed by atoms with van der Waals surface area (Å²) in [6.45, 7) is 1.30. The number of nitrogen functional groups attached to an aromatic ring is 1. The lowest BCUT2D eigenvalue weighted by Gasteiger charge is -2.29. The molecule has 3 rings (SSSR count). The van der Waals surface area contributed by atoms with Gasteiger partial charge in [0.1, 0.15) is 23.8 Å². The van der Waals surface area contributed by atoms with E-state index in [1.165, 1.54) is 11.0 Å². The number of hydrogen-bond acceptors (Lipinski definition) is 7. The van der Waals surface area contributed by atoms with E-state index in [1.807, 2.05) is 4.90 Å². The van der Waals surface area contributed by atoms with Gasteiger partial charge in [-0.2, -0.15) is 9.94 Å². The van der Waals surface area contributed by atoms with E-state index in [4.69, 9.17) is 5.73 Å². The number of hydrogen-bond donors (Lipinski definition) is 2. The highest BCUT2D eigenvalue weighted by Gasteiger charge is 2.25. The van der Waals surface area contributed by atoms with Gasteiger partial charge < -0.3 is 15.7 Å². The summed E-state index contributed by atoms with van der Waals surface area (Å²) in [5.41, 5.74) is 6.36. The normalized spacial score (nSPS) is 15.9. The van der Waals surface area contributed by atoms with Crippen LogP contribution in [-0.2, 0) is 0 Å². The van der Waals surface area contributed by atoms with Crippen molar-refractivity contribution in [1.29, 1.82) is 5.26 Å². The van der Waals surface area contributed by atoms with E-state index in [9.17, 15) is 10.4 Å². The van der Waals surface area contributed by atoms with Gasteiger partial charge in [0.25, 0.3) is 0 Å². The Morgan fingerprint density at radius 2 is 2.14 bits per heavy atom. The van der Waals surface area contributed by atoms with Crippen molar-refractivity contribution in [3.63, 3.8) is 0 Å². The van der Waals surface area contributed by atoms with Crippen LogP contribution in [0.5, 0.6) is 0 Å². The van der Waals surface area contributed by atoms with Crippen molar-refractivity contribution < 1.29 is 5.11 Å². The van der Waals surface area contributed by atoms with Crippen LogP contribution in [0.25, 0.3) is 5.82 Å². The molecule has 0 aromatic carbocycles. The minimum absolute atomic E-state index is 0.261. The zero-order valence-corrected chi connectivity index (χ0v) is 11.3. The summed E-state index contributed by atoms with van der Waals surface area (Å²) in [6, 6.07) is 3.78. The molecule has 0 unspecified atom stereocenters. The molecule has 0 radical (unpaired) electrons. The topological polar surface area (TPSA) is 117 Å². The van der Waals surface area contributed by atoms with Crippen LogP contribution in [0.2, 0.25) is 0 Å². The Morgan fingerprint density at radius 3 is 2.76 bits per heavy atom. The number of rotatable bonds is 2. The first kappa shape index (κ1) is 13.3. The zero-order chi connectivity index (χ0) is 14.8. The number of nitrogens with two attached hydrogens (primary N) is 1. The van der Waals surface area contributed by atoms with Crippen LogP contribution in [0.3, 0.4) is 0 Å². The van der Waals surface area contributed by atoms with E-state index >= 15 is 0 Å². The first-order valence-corrected chi connectivity index (χ1v) is 6.68. The molecule has 3 N–H and O–H groups in total. The van der Waals surface area contributed by atoms with Crippen LogP contribution < -0.4 is 10.6 Å². The van der Waals surface area contributed by atoms with E-state index in [2.05, 4.69) is 21.1 Å². The molecule has 0 aliphatic carbocycles. The third-order valence-electron chi connectivity index (χ3n) is 3.56. The maximum Gasteiger partial charge on any atom is 0.171 e. The summed E-state index contributed by atoms with van der Waals surface area (Å²) in [7, 11) is 0. The highest BCUT2D eigenvalue weighted by Crippen LogP contribution is 2.28. The second-order valence-electron chi connectivity index (χ2n) is 4.89. The van der Waals surface area contributed by atoms with Gasteiger partial charge in [-0.15, -0.1) is 5.10 Å². The monoisotopic (exact) mass is 285 g/mol. The van der Waals surface area contributed by atoms with Crippen LogP contribution in [0.15, 0.2) is 18.6 Å². The number of piperidine rings is 1. The molecule has 8 heteroatoms. The van der Waals surface area contributed by atoms with Gasteiger partial charge in [-0.3, -0.25) is 0 Å². The molecule has 2 aromatic rings. The smallest absolute Gasteiger partial charge is 0.171 e. The quantitative estimate of drug-likeness (QED) is 0.802. The number of nitrogens with zero attached hydrogens (tertiary/aromatic N) is 6. The molecular weight excluding hydrogens is 270 g/mol. The van der Waals surface area contributed by atoms with Crippen LogP contribution in [-0.4, -0.2) is 44.0 Å². The van der Waals surface area contributed by atoms with Crippen molar-refractivity contribution >= 4 is 11.6 Å². The van der Waals surface area contributed by atoms with E-state index in [0.717, 1.165) is 0 Å². The summed E-state index contributed by atoms with van der Waals surface area (Å²) in [5, 5.41) is 23.4. The van der Waals surface area contributed by atoms with Gasteiger partial charge in [0, 0.05) is 25.4 Å². The third-order valence-corrected chi connectivity index (χ3v) is 3.56. The van der Waals surface area contributed by atoms with Crippen molar-refractivity contribution in [3.05, 3.63) is 24.2 Å². The molecule has 21 heavy (non-hydrogen) atoms. The molecule has 2 aromatic heterocycles. The summed E-state index contributed by atoms with van der Waals surface area (Å²) >= 11 is 0. The van der Waals surface area contributed by atoms with Crippen molar-refractivity contribution in [2.45, 2.75) is 18.9 Å². The van der Waals surface area contributed by atoms with E-state index in [-0.39, 0.29) is 11.9 Å². The molecule has 108 valence electrons. The van der Waals surface area contributed by atoms with Gasteiger partial charge in [-0.25, -0.2) is 9.97 Å². The van der Waals surface area contributed by atoms with Crippen molar-refractivity contribution in [3.8, 4) is 11.9 Å². The summed E-state index contributed by atoms with van der Waals surface area (Å²) < 4.78 is 1.45. The van der Waals surface area contributed by atoms with Gasteiger partial charge in [-0.05, 0) is 12.8 Å². The molecule has 0 atom stereocenters. The lowest BCUT2D eigenvalue weighted by Crippen LogP contribution is -2.36. The number of aliphatic hydroxyl groups excluding tert-OH is 1. The highest BCUT2D eigenvalue weighted by molar-refractivity contribution is 5.66. The van der Waals surface area contributed by atoms with E-state index in [0.29, 0.717) is 43.1 Å². The Labute approximate surface area is 121 Å². The Balaban J connectivity index is 2.00. The fourth-order valence-corrected chi connectivity index (χ4v) is 2.41. The highest BCUT2D eigenvalue weighted by atomic mass is 16.3. The van der Waals surface area contributed by atoms with Crippen molar-refractivity contribution in [2.24, 2.45) is 0 Å². The average Bonchev–Trinajstić information content (AvgIpc) is 2.85. The molecule has 1 aliphatic heterocycles. The van der Waals surface area contributed by atoms with Gasteiger partial charge in [0.05, 0.1) is 6.10 Å². The molecule has 3 heterocycles. The van der Waals surface area contributed by atoms with Crippen molar-refractivity contribution in [2.75, 3.05) is 23.7 Å². The number of anilines is 2. The second kappa shape index (κ2) is 5.38. The third kappa shape index (κ3) is 2.39. The summed E-state index contributed by atoms with van der Waals surface area (Å²) in [6.07, 6.45) is 4.02. The SMILES string of the molecule is N#Cc1c(N2CCC(O)CC2)nn(-c2ccncn2)c1N. The van der Waals surface area contributed by atoms with Crippen LogP contribution in [0, 0.1) is 11.3 Å². The van der Waals surface area contributed by atoms with Crippen molar-refractivity contribution in [1.82, 2.24) is 19.7 Å². The standard InChI is InChI=1S/C13H15N7O/c14-7-10-12(15)20(11-1-4-16-8-17-11)18-13(10)19-5-2-9(21)3-6-19/h1,4,8-9,21H,2-3,5-6,15H2. The summed E-state index contributed by atoms with van der Waals surface area (Å²) in [4.78, 5) is 9.92. The van der Waals surface area contributed by atoms with Crippen LogP contribution in [0.4, 0.5) is 11.6 Å². The van der Waals surface area contributed by atoms with Gasteiger partial charge in [0.15, 0.2) is 11.6 Å². The largest absolute Gasteiger partial charge is 0.393 e. The van der Waals surface area contributed by atoms with E-state index < -0.39 is 0 Å². The fraction of sp³-hybridized carbons (Fsp3) is 0.385. The second-order valence-corrected chi connectivity index (χ2v) is 4.89. The first-order chi connectivity index (χ1) is 10.2. The van der Waals surface area contributed by atoms with Crippen LogP contribution in [0.1, 0.15) is 18.4 Å². The number of nitriles is 1. The lowest BCUT2D eigenvalue weighted by molar-refractivity contribution is 0.145. The predicted molar refractivity (Wildman–Crippen MR) is 75.7 cm³/mol. The Morgan fingerprint density at radius 1 is 1.38 bits per heavy atom. The van der Waals surface area contributed by atoms with Gasteiger partial charge >= 0.3 is 0 Å². The molecule has 1 fully saturated rings. The maximum absolute atomic E-state index is 9.58. The van der Waals surface area contributed by atoms with Gasteiger partial charge in [0.2, 0.25) is 0 Å². The Kier molecular flexibility index (Phi) is 3.41. The van der Waals surface area contributed by atoms with E-state index in [1.54, 1.807) is 12.3 Å². The molecule has 0 bridgehead atoms. The lowest BCUT2D eigenvalue weighted by atomic mass is 10.1. The summed E-state index contributed by atoms with van der Waals surface area (Å²) in [5.74, 6) is 1.32. The first-order valence-electron chi connectivity index (χ1n) is 6.68. The molecule has 0 saturated carbocycles. The average molecular weight is 285 g/mol. The molecule has 1 saturated heterocycles. The molecule has 8 nitrogen and oxygen atoms in total. The van der Waals surface area contributed by atoms with Gasteiger partial charge in [-0.1, -0.05) is 0 Å². The Bertz CT molecular complexity index is 668. The van der Waals surface area contributed by atoms with Crippen LogP contribution >= 0.6 is 0 Å². The molecule has 0 spiro atoms.